The fraction of sp³-hybridized carbons (Fsp3) is 0.833. The average molecular weight is 182 g/mol. The second kappa shape index (κ2) is 4.28. The van der Waals surface area contributed by atoms with Crippen LogP contribution in [0.15, 0.2) is 12.2 Å². The van der Waals surface area contributed by atoms with E-state index in [4.69, 9.17) is 4.74 Å². The normalized spacial score (nSPS) is 24.8. The highest BCUT2D eigenvalue weighted by Crippen LogP contribution is 2.28. The van der Waals surface area contributed by atoms with Crippen molar-refractivity contribution in [2.24, 2.45) is 5.92 Å². The summed E-state index contributed by atoms with van der Waals surface area (Å²) in [6.45, 7) is 11.3. The highest BCUT2D eigenvalue weighted by Gasteiger charge is 2.19. The Kier molecular flexibility index (Phi) is 3.55. The Balaban J connectivity index is 2.25. The van der Waals surface area contributed by atoms with Crippen molar-refractivity contribution in [3.8, 4) is 0 Å². The molecule has 1 saturated carbocycles. The van der Waals surface area contributed by atoms with Crippen LogP contribution >= 0.6 is 0 Å². The highest BCUT2D eigenvalue weighted by atomic mass is 16.5. The van der Waals surface area contributed by atoms with Crippen molar-refractivity contribution in [1.82, 2.24) is 0 Å². The van der Waals surface area contributed by atoms with Crippen LogP contribution in [0.5, 0.6) is 0 Å². The van der Waals surface area contributed by atoms with Crippen molar-refractivity contribution in [1.29, 1.82) is 0 Å². The topological polar surface area (TPSA) is 9.23 Å². The van der Waals surface area contributed by atoms with Crippen molar-refractivity contribution >= 4 is 0 Å². The zero-order chi connectivity index (χ0) is 9.90. The van der Waals surface area contributed by atoms with Gasteiger partial charge in [0.15, 0.2) is 0 Å². The van der Waals surface area contributed by atoms with Gasteiger partial charge in [-0.05, 0) is 52.4 Å². The molecular weight excluding hydrogens is 160 g/mol. The smallest absolute Gasteiger partial charge is 0.0598 e. The van der Waals surface area contributed by atoms with Gasteiger partial charge in [-0.15, -0.1) is 0 Å². The van der Waals surface area contributed by atoms with Gasteiger partial charge in [0.1, 0.15) is 0 Å². The zero-order valence-corrected chi connectivity index (χ0v) is 9.23. The number of hydrogen-bond donors (Lipinski definition) is 0. The standard InChI is InChI=1S/C12H22O/c1-10-6-5-7-11(8-10)9-13-12(2,3)4/h11H,1,5-9H2,2-4H3. The lowest BCUT2D eigenvalue weighted by Gasteiger charge is -2.27. The van der Waals surface area contributed by atoms with Gasteiger partial charge in [-0.25, -0.2) is 0 Å². The molecule has 0 aromatic carbocycles. The Morgan fingerprint density at radius 2 is 2.15 bits per heavy atom. The number of hydrogen-bond acceptors (Lipinski definition) is 1. The van der Waals surface area contributed by atoms with Gasteiger partial charge in [0.05, 0.1) is 12.2 Å². The molecule has 1 rings (SSSR count). The van der Waals surface area contributed by atoms with Crippen LogP contribution in [0, 0.1) is 5.92 Å². The third-order valence-electron chi connectivity index (χ3n) is 2.47. The summed E-state index contributed by atoms with van der Waals surface area (Å²) in [7, 11) is 0. The molecule has 0 radical (unpaired) electrons. The maximum Gasteiger partial charge on any atom is 0.0598 e. The van der Waals surface area contributed by atoms with Crippen LogP contribution in [-0.4, -0.2) is 12.2 Å². The summed E-state index contributed by atoms with van der Waals surface area (Å²) in [6, 6.07) is 0. The molecule has 1 nitrogen and oxygen atoms in total. The van der Waals surface area contributed by atoms with Crippen molar-refractivity contribution in [2.75, 3.05) is 6.61 Å². The molecule has 1 aliphatic carbocycles. The summed E-state index contributed by atoms with van der Waals surface area (Å²) in [5.74, 6) is 0.723. The molecule has 1 fully saturated rings. The number of ether oxygens (including phenoxy) is 1. The molecule has 0 spiro atoms. The van der Waals surface area contributed by atoms with Gasteiger partial charge in [0.2, 0.25) is 0 Å². The second-order valence-corrected chi connectivity index (χ2v) is 5.14. The Labute approximate surface area is 82.2 Å². The Hall–Kier alpha value is -0.300. The SMILES string of the molecule is C=C1CCCC(COC(C)(C)C)C1. The second-order valence-electron chi connectivity index (χ2n) is 5.14. The molecular formula is C12H22O. The summed E-state index contributed by atoms with van der Waals surface area (Å²) in [5, 5.41) is 0. The maximum atomic E-state index is 5.78. The molecule has 76 valence electrons. The van der Waals surface area contributed by atoms with Gasteiger partial charge in [-0.1, -0.05) is 12.2 Å². The summed E-state index contributed by atoms with van der Waals surface area (Å²) in [4.78, 5) is 0. The lowest BCUT2D eigenvalue weighted by molar-refractivity contribution is -0.0251. The van der Waals surface area contributed by atoms with E-state index in [9.17, 15) is 0 Å². The minimum Gasteiger partial charge on any atom is -0.376 e. The van der Waals surface area contributed by atoms with E-state index >= 15 is 0 Å². The lowest BCUT2D eigenvalue weighted by atomic mass is 9.87. The third kappa shape index (κ3) is 4.47. The zero-order valence-electron chi connectivity index (χ0n) is 9.23. The molecule has 1 heteroatoms. The van der Waals surface area contributed by atoms with E-state index in [0.29, 0.717) is 0 Å². The predicted molar refractivity (Wildman–Crippen MR) is 56.8 cm³/mol. The first-order chi connectivity index (χ1) is 5.97. The molecule has 0 heterocycles. The van der Waals surface area contributed by atoms with E-state index in [1.807, 2.05) is 0 Å². The largest absolute Gasteiger partial charge is 0.376 e. The van der Waals surface area contributed by atoms with Crippen LogP contribution in [0.25, 0.3) is 0 Å². The molecule has 0 amide bonds. The van der Waals surface area contributed by atoms with Gasteiger partial charge in [0, 0.05) is 0 Å². The van der Waals surface area contributed by atoms with Crippen LogP contribution in [-0.2, 0) is 4.74 Å². The summed E-state index contributed by atoms with van der Waals surface area (Å²) in [6.07, 6.45) is 5.02. The summed E-state index contributed by atoms with van der Waals surface area (Å²) < 4.78 is 5.78. The molecule has 0 aromatic heterocycles. The molecule has 0 bridgehead atoms. The fourth-order valence-electron chi connectivity index (χ4n) is 1.76. The first kappa shape index (κ1) is 10.8. The molecule has 0 aromatic rings. The van der Waals surface area contributed by atoms with Crippen LogP contribution < -0.4 is 0 Å². The molecule has 1 aliphatic rings. The third-order valence-corrected chi connectivity index (χ3v) is 2.47. The van der Waals surface area contributed by atoms with Gasteiger partial charge < -0.3 is 4.74 Å². The highest BCUT2D eigenvalue weighted by molar-refractivity contribution is 4.99. The van der Waals surface area contributed by atoms with Crippen molar-refractivity contribution in [2.45, 2.75) is 52.1 Å². The van der Waals surface area contributed by atoms with Crippen LogP contribution in [0.3, 0.4) is 0 Å². The van der Waals surface area contributed by atoms with E-state index in [2.05, 4.69) is 27.4 Å². The Morgan fingerprint density at radius 1 is 1.46 bits per heavy atom. The van der Waals surface area contributed by atoms with Crippen LogP contribution in [0.1, 0.15) is 46.5 Å². The first-order valence-electron chi connectivity index (χ1n) is 5.28. The maximum absolute atomic E-state index is 5.78. The number of allylic oxidation sites excluding steroid dienone is 1. The van der Waals surface area contributed by atoms with Gasteiger partial charge in [-0.3, -0.25) is 0 Å². The van der Waals surface area contributed by atoms with Crippen molar-refractivity contribution in [3.05, 3.63) is 12.2 Å². The monoisotopic (exact) mass is 182 g/mol. The van der Waals surface area contributed by atoms with Crippen LogP contribution in [0.4, 0.5) is 0 Å². The Bertz CT molecular complexity index is 176. The van der Waals surface area contributed by atoms with Crippen LogP contribution in [0.2, 0.25) is 0 Å². The fourth-order valence-corrected chi connectivity index (χ4v) is 1.76. The predicted octanol–water partition coefficient (Wildman–Crippen LogP) is 3.55. The number of rotatable bonds is 2. The van der Waals surface area contributed by atoms with Gasteiger partial charge in [0.25, 0.3) is 0 Å². The molecule has 1 atom stereocenters. The van der Waals surface area contributed by atoms with E-state index in [1.54, 1.807) is 0 Å². The molecule has 0 aliphatic heterocycles. The molecule has 0 saturated heterocycles. The van der Waals surface area contributed by atoms with E-state index in [-0.39, 0.29) is 5.60 Å². The van der Waals surface area contributed by atoms with Crippen molar-refractivity contribution in [3.63, 3.8) is 0 Å². The summed E-state index contributed by atoms with van der Waals surface area (Å²) in [5.41, 5.74) is 1.42. The minimum absolute atomic E-state index is 0.0127. The molecule has 0 N–H and O–H groups in total. The van der Waals surface area contributed by atoms with E-state index in [1.165, 1.54) is 31.3 Å². The molecule has 1 unspecified atom stereocenters. The molecule has 13 heavy (non-hydrogen) atoms. The first-order valence-corrected chi connectivity index (χ1v) is 5.28. The lowest BCUT2D eigenvalue weighted by Crippen LogP contribution is -2.24. The van der Waals surface area contributed by atoms with Crippen molar-refractivity contribution < 1.29 is 4.74 Å². The van der Waals surface area contributed by atoms with Gasteiger partial charge >= 0.3 is 0 Å². The minimum atomic E-state index is 0.0127. The van der Waals surface area contributed by atoms with E-state index < -0.39 is 0 Å². The summed E-state index contributed by atoms with van der Waals surface area (Å²) >= 11 is 0. The van der Waals surface area contributed by atoms with E-state index in [0.717, 1.165) is 12.5 Å². The van der Waals surface area contributed by atoms with Gasteiger partial charge in [-0.2, -0.15) is 0 Å². The Morgan fingerprint density at radius 3 is 2.69 bits per heavy atom. The average Bonchev–Trinajstić information content (AvgIpc) is 2.00. The quantitative estimate of drug-likeness (QED) is 0.593.